The molecule has 9 nitrogen and oxygen atoms in total. The number of halogens is 2. The predicted octanol–water partition coefficient (Wildman–Crippen LogP) is 2.29. The van der Waals surface area contributed by atoms with Gasteiger partial charge in [0.2, 0.25) is 11.8 Å². The SMILES string of the molecule is CC(C)(C)OC(=O)N1[C@H]2CC[C@@H]([C@@H]1C(=O)N[C@H](/C=C1\CCOC1=O)C[C@@H]1CCNC1=O)C(F)(F)C2. The zero-order chi connectivity index (χ0) is 25.5. The van der Waals surface area contributed by atoms with Gasteiger partial charge in [-0.15, -0.1) is 0 Å². The number of fused-ring (bicyclic) bond motifs is 3. The van der Waals surface area contributed by atoms with Crippen molar-refractivity contribution in [3.63, 3.8) is 0 Å². The summed E-state index contributed by atoms with van der Waals surface area (Å²) in [6, 6.07) is -2.99. The first-order valence-corrected chi connectivity index (χ1v) is 12.2. The van der Waals surface area contributed by atoms with E-state index in [0.717, 1.165) is 0 Å². The van der Waals surface area contributed by atoms with Crippen molar-refractivity contribution < 1.29 is 37.4 Å². The van der Waals surface area contributed by atoms with Crippen molar-refractivity contribution in [3.05, 3.63) is 11.6 Å². The monoisotopic (exact) mass is 497 g/mol. The fourth-order valence-electron chi connectivity index (χ4n) is 5.54. The summed E-state index contributed by atoms with van der Waals surface area (Å²) in [7, 11) is 0. The first kappa shape index (κ1) is 25.4. The Morgan fingerprint density at radius 3 is 2.60 bits per heavy atom. The summed E-state index contributed by atoms with van der Waals surface area (Å²) in [5, 5.41) is 5.50. The van der Waals surface area contributed by atoms with Gasteiger partial charge in [0.1, 0.15) is 11.6 Å². The second-order valence-corrected chi connectivity index (χ2v) is 10.8. The highest BCUT2D eigenvalue weighted by Gasteiger charge is 2.61. The van der Waals surface area contributed by atoms with Crippen LogP contribution in [0.4, 0.5) is 13.6 Å². The van der Waals surface area contributed by atoms with Crippen molar-refractivity contribution in [1.29, 1.82) is 0 Å². The Morgan fingerprint density at radius 2 is 2.03 bits per heavy atom. The van der Waals surface area contributed by atoms with Crippen molar-refractivity contribution in [2.45, 2.75) is 88.9 Å². The summed E-state index contributed by atoms with van der Waals surface area (Å²) in [5.41, 5.74) is -0.489. The maximum Gasteiger partial charge on any atom is 0.411 e. The molecule has 5 aliphatic rings. The van der Waals surface area contributed by atoms with Gasteiger partial charge in [0.05, 0.1) is 12.5 Å². The van der Waals surface area contributed by atoms with Gasteiger partial charge in [-0.1, -0.05) is 6.08 Å². The standard InChI is InChI=1S/C24H33F2N3O6/c1-23(2,3)35-22(33)29-16-4-5-17(24(25,26)12-16)18(29)20(31)28-15(10-13-6-8-27-19(13)30)11-14-7-9-34-21(14)32/h11,13,15-18H,4-10,12H2,1-3H3,(H,27,30)(H,28,31)/b14-11+/t13-,15-,16-,17-,18+/m0/s1. The maximum absolute atomic E-state index is 14.9. The number of carbonyl (C=O) groups is 4. The molecule has 1 aliphatic carbocycles. The second-order valence-electron chi connectivity index (χ2n) is 10.8. The van der Waals surface area contributed by atoms with Crippen molar-refractivity contribution in [1.82, 2.24) is 15.5 Å². The minimum absolute atomic E-state index is 0.109. The molecule has 194 valence electrons. The normalized spacial score (nSPS) is 31.8. The van der Waals surface area contributed by atoms with Crippen molar-refractivity contribution in [2.24, 2.45) is 11.8 Å². The van der Waals surface area contributed by atoms with Crippen LogP contribution in [-0.2, 0) is 23.9 Å². The van der Waals surface area contributed by atoms with E-state index < -0.39 is 60.0 Å². The van der Waals surface area contributed by atoms with Gasteiger partial charge >= 0.3 is 12.1 Å². The van der Waals surface area contributed by atoms with Gasteiger partial charge < -0.3 is 20.1 Å². The van der Waals surface area contributed by atoms with Crippen molar-refractivity contribution in [2.75, 3.05) is 13.2 Å². The quantitative estimate of drug-likeness (QED) is 0.445. The number of hydrogen-bond acceptors (Lipinski definition) is 6. The molecule has 0 radical (unpaired) electrons. The molecule has 0 aromatic carbocycles. The predicted molar refractivity (Wildman–Crippen MR) is 119 cm³/mol. The van der Waals surface area contributed by atoms with E-state index in [2.05, 4.69) is 10.6 Å². The molecule has 1 saturated carbocycles. The molecule has 2 bridgehead atoms. The average Bonchev–Trinajstić information content (AvgIpc) is 3.33. The van der Waals surface area contributed by atoms with Crippen LogP contribution in [0, 0.1) is 11.8 Å². The highest BCUT2D eigenvalue weighted by atomic mass is 19.3. The van der Waals surface area contributed by atoms with Gasteiger partial charge in [0.25, 0.3) is 5.92 Å². The molecule has 0 aromatic heterocycles. The molecule has 11 heteroatoms. The third-order valence-corrected chi connectivity index (χ3v) is 7.11. The third kappa shape index (κ3) is 5.43. The van der Waals surface area contributed by atoms with Crippen LogP contribution in [0.5, 0.6) is 0 Å². The molecule has 4 heterocycles. The Bertz CT molecular complexity index is 931. The first-order valence-electron chi connectivity index (χ1n) is 12.2. The molecule has 4 saturated heterocycles. The van der Waals surface area contributed by atoms with Crippen LogP contribution in [-0.4, -0.2) is 71.6 Å². The second kappa shape index (κ2) is 9.39. The van der Waals surface area contributed by atoms with E-state index >= 15 is 0 Å². The number of carbonyl (C=O) groups excluding carboxylic acids is 4. The molecule has 3 amide bonds. The molecule has 4 aliphatic heterocycles. The number of alkyl halides is 2. The number of nitrogens with one attached hydrogen (secondary N) is 2. The lowest BCUT2D eigenvalue weighted by Crippen LogP contribution is -2.69. The number of hydrogen-bond donors (Lipinski definition) is 2. The van der Waals surface area contributed by atoms with Gasteiger partial charge in [-0.05, 0) is 46.5 Å². The van der Waals surface area contributed by atoms with E-state index in [-0.39, 0.29) is 31.3 Å². The number of esters is 1. The Hall–Kier alpha value is -2.72. The van der Waals surface area contributed by atoms with Crippen LogP contribution in [0.25, 0.3) is 0 Å². The number of amides is 3. The topological polar surface area (TPSA) is 114 Å². The fraction of sp³-hybridized carbons (Fsp3) is 0.750. The summed E-state index contributed by atoms with van der Waals surface area (Å²) in [6.45, 7) is 5.75. The van der Waals surface area contributed by atoms with Gasteiger partial charge in [0, 0.05) is 43.0 Å². The Kier molecular flexibility index (Phi) is 6.80. The molecule has 0 spiro atoms. The molecule has 5 rings (SSSR count). The van der Waals surface area contributed by atoms with Gasteiger partial charge in [-0.3, -0.25) is 14.5 Å². The minimum Gasteiger partial charge on any atom is -0.462 e. The van der Waals surface area contributed by atoms with Crippen LogP contribution in [0.3, 0.4) is 0 Å². The van der Waals surface area contributed by atoms with Gasteiger partial charge in [-0.2, -0.15) is 0 Å². The van der Waals surface area contributed by atoms with Crippen molar-refractivity contribution >= 4 is 23.9 Å². The molecule has 2 N–H and O–H groups in total. The Balaban J connectivity index is 1.60. The average molecular weight is 498 g/mol. The molecule has 35 heavy (non-hydrogen) atoms. The molecule has 0 aromatic rings. The van der Waals surface area contributed by atoms with Crippen LogP contribution in [0.2, 0.25) is 0 Å². The van der Waals surface area contributed by atoms with Crippen LogP contribution in [0.1, 0.15) is 59.3 Å². The zero-order valence-corrected chi connectivity index (χ0v) is 20.3. The summed E-state index contributed by atoms with van der Waals surface area (Å²) in [4.78, 5) is 51.9. The minimum atomic E-state index is -3.10. The zero-order valence-electron chi connectivity index (χ0n) is 20.3. The lowest BCUT2D eigenvalue weighted by molar-refractivity contribution is -0.184. The molecule has 0 unspecified atom stereocenters. The molecule has 5 fully saturated rings. The number of nitrogens with zero attached hydrogens (tertiary/aromatic N) is 1. The summed E-state index contributed by atoms with van der Waals surface area (Å²) in [5.74, 6) is -6.23. The van der Waals surface area contributed by atoms with Gasteiger partial charge in [0.15, 0.2) is 0 Å². The smallest absolute Gasteiger partial charge is 0.411 e. The third-order valence-electron chi connectivity index (χ3n) is 7.11. The van der Waals surface area contributed by atoms with E-state index in [0.29, 0.717) is 31.4 Å². The summed E-state index contributed by atoms with van der Waals surface area (Å²) < 4.78 is 40.2. The van der Waals surface area contributed by atoms with E-state index in [4.69, 9.17) is 9.47 Å². The van der Waals surface area contributed by atoms with E-state index in [1.165, 1.54) is 4.90 Å². The molecule has 5 atom stereocenters. The van der Waals surface area contributed by atoms with E-state index in [9.17, 15) is 28.0 Å². The lowest BCUT2D eigenvalue weighted by atomic mass is 9.71. The highest BCUT2D eigenvalue weighted by molar-refractivity contribution is 5.91. The van der Waals surface area contributed by atoms with Crippen LogP contribution >= 0.6 is 0 Å². The van der Waals surface area contributed by atoms with E-state index in [1.807, 2.05) is 0 Å². The van der Waals surface area contributed by atoms with Crippen LogP contribution < -0.4 is 10.6 Å². The van der Waals surface area contributed by atoms with Gasteiger partial charge in [-0.25, -0.2) is 18.4 Å². The number of piperidine rings is 2. The number of cyclic esters (lactones) is 1. The lowest BCUT2D eigenvalue weighted by Gasteiger charge is -2.53. The maximum atomic E-state index is 14.9. The largest absolute Gasteiger partial charge is 0.462 e. The van der Waals surface area contributed by atoms with E-state index in [1.54, 1.807) is 26.8 Å². The van der Waals surface area contributed by atoms with Crippen LogP contribution in [0.15, 0.2) is 11.6 Å². The van der Waals surface area contributed by atoms with Crippen molar-refractivity contribution in [3.8, 4) is 0 Å². The fourth-order valence-corrected chi connectivity index (χ4v) is 5.54. The number of ether oxygens (including phenoxy) is 2. The Morgan fingerprint density at radius 1 is 1.29 bits per heavy atom. The summed E-state index contributed by atoms with van der Waals surface area (Å²) in [6.07, 6.45) is 1.85. The Labute approximate surface area is 202 Å². The summed E-state index contributed by atoms with van der Waals surface area (Å²) >= 11 is 0. The number of rotatable bonds is 5. The molecular weight excluding hydrogens is 464 g/mol. The molecular formula is C24H33F2N3O6. The highest BCUT2D eigenvalue weighted by Crippen LogP contribution is 2.49. The first-order chi connectivity index (χ1) is 16.4.